The van der Waals surface area contributed by atoms with Crippen molar-refractivity contribution in [3.05, 3.63) is 11.6 Å². The largest absolute Gasteiger partial charge is 0.478 e. The molecular formula is C14H22O2. The Labute approximate surface area is 97.7 Å². The summed E-state index contributed by atoms with van der Waals surface area (Å²) in [4.78, 5) is 11.2. The molecule has 0 unspecified atom stereocenters. The van der Waals surface area contributed by atoms with Gasteiger partial charge in [0.05, 0.1) is 0 Å². The number of rotatable bonds is 4. The lowest BCUT2D eigenvalue weighted by atomic mass is 9.94. The summed E-state index contributed by atoms with van der Waals surface area (Å²) >= 11 is 0. The van der Waals surface area contributed by atoms with Crippen LogP contribution < -0.4 is 0 Å². The highest BCUT2D eigenvalue weighted by atomic mass is 16.4. The highest BCUT2D eigenvalue weighted by molar-refractivity contribution is 5.87. The van der Waals surface area contributed by atoms with E-state index < -0.39 is 5.97 Å². The van der Waals surface area contributed by atoms with Crippen molar-refractivity contribution in [2.75, 3.05) is 0 Å². The normalized spacial score (nSPS) is 24.1. The average Bonchev–Trinajstić information content (AvgIpc) is 2.88. The second-order valence-corrected chi connectivity index (χ2v) is 5.33. The summed E-state index contributed by atoms with van der Waals surface area (Å²) in [5, 5.41) is 9.24. The first-order chi connectivity index (χ1) is 7.77. The van der Waals surface area contributed by atoms with E-state index in [0.717, 1.165) is 25.2 Å². The Hall–Kier alpha value is -0.790. The van der Waals surface area contributed by atoms with Gasteiger partial charge in [0.1, 0.15) is 0 Å². The van der Waals surface area contributed by atoms with Gasteiger partial charge in [-0.2, -0.15) is 0 Å². The molecule has 2 nitrogen and oxygen atoms in total. The third kappa shape index (κ3) is 2.87. The molecule has 0 saturated heterocycles. The standard InChI is InChI=1S/C14H22O2/c15-14(16)13(12-7-3-4-8-12)10-9-11-5-1-2-6-11/h10-12H,1-9H2,(H,15,16). The van der Waals surface area contributed by atoms with Crippen molar-refractivity contribution in [3.63, 3.8) is 0 Å². The van der Waals surface area contributed by atoms with Gasteiger partial charge in [-0.25, -0.2) is 4.79 Å². The average molecular weight is 222 g/mol. The third-order valence-electron chi connectivity index (χ3n) is 4.19. The molecule has 0 atom stereocenters. The second kappa shape index (κ2) is 5.51. The Morgan fingerprint density at radius 1 is 1.06 bits per heavy atom. The molecule has 0 aromatic heterocycles. The summed E-state index contributed by atoms with van der Waals surface area (Å²) in [5.74, 6) is 0.430. The first-order valence-electron chi connectivity index (χ1n) is 6.70. The van der Waals surface area contributed by atoms with Crippen LogP contribution in [0.1, 0.15) is 57.8 Å². The van der Waals surface area contributed by atoms with Gasteiger partial charge in [0.2, 0.25) is 0 Å². The minimum atomic E-state index is -0.676. The molecule has 90 valence electrons. The molecule has 2 aliphatic carbocycles. The molecular weight excluding hydrogens is 200 g/mol. The molecule has 2 rings (SSSR count). The number of aliphatic carboxylic acids is 1. The van der Waals surface area contributed by atoms with Gasteiger partial charge in [-0.1, -0.05) is 44.6 Å². The number of carboxylic acids is 1. The topological polar surface area (TPSA) is 37.3 Å². The third-order valence-corrected chi connectivity index (χ3v) is 4.19. The van der Waals surface area contributed by atoms with E-state index in [1.165, 1.54) is 38.5 Å². The van der Waals surface area contributed by atoms with E-state index in [4.69, 9.17) is 0 Å². The Morgan fingerprint density at radius 3 is 2.19 bits per heavy atom. The zero-order chi connectivity index (χ0) is 11.4. The van der Waals surface area contributed by atoms with Crippen molar-refractivity contribution in [1.29, 1.82) is 0 Å². The summed E-state index contributed by atoms with van der Waals surface area (Å²) < 4.78 is 0. The molecule has 0 aromatic carbocycles. The van der Waals surface area contributed by atoms with Gasteiger partial charge in [-0.3, -0.25) is 0 Å². The van der Waals surface area contributed by atoms with Crippen molar-refractivity contribution < 1.29 is 9.90 Å². The minimum absolute atomic E-state index is 0.346. The monoisotopic (exact) mass is 222 g/mol. The molecule has 2 heteroatoms. The number of allylic oxidation sites excluding steroid dienone is 1. The lowest BCUT2D eigenvalue weighted by Crippen LogP contribution is -2.10. The van der Waals surface area contributed by atoms with Crippen molar-refractivity contribution in [3.8, 4) is 0 Å². The van der Waals surface area contributed by atoms with Gasteiger partial charge in [0.15, 0.2) is 0 Å². The van der Waals surface area contributed by atoms with Crippen LogP contribution in [0.25, 0.3) is 0 Å². The lowest BCUT2D eigenvalue weighted by molar-refractivity contribution is -0.133. The summed E-state index contributed by atoms with van der Waals surface area (Å²) in [5.41, 5.74) is 0.712. The minimum Gasteiger partial charge on any atom is -0.478 e. The molecule has 2 fully saturated rings. The van der Waals surface area contributed by atoms with E-state index in [1.54, 1.807) is 0 Å². The van der Waals surface area contributed by atoms with E-state index in [2.05, 4.69) is 0 Å². The van der Waals surface area contributed by atoms with Crippen LogP contribution in [0, 0.1) is 11.8 Å². The molecule has 0 heterocycles. The fourth-order valence-electron chi connectivity index (χ4n) is 3.21. The Balaban J connectivity index is 1.94. The number of hydrogen-bond donors (Lipinski definition) is 1. The smallest absolute Gasteiger partial charge is 0.331 e. The fourth-order valence-corrected chi connectivity index (χ4v) is 3.21. The van der Waals surface area contributed by atoms with Gasteiger partial charge in [-0.15, -0.1) is 0 Å². The van der Waals surface area contributed by atoms with Crippen LogP contribution in [-0.4, -0.2) is 11.1 Å². The van der Waals surface area contributed by atoms with Crippen LogP contribution in [0.5, 0.6) is 0 Å². The van der Waals surface area contributed by atoms with E-state index in [9.17, 15) is 9.90 Å². The molecule has 0 amide bonds. The number of carbonyl (C=O) groups is 1. The maximum atomic E-state index is 11.2. The molecule has 16 heavy (non-hydrogen) atoms. The van der Waals surface area contributed by atoms with Crippen LogP contribution in [0.3, 0.4) is 0 Å². The zero-order valence-electron chi connectivity index (χ0n) is 9.95. The molecule has 0 bridgehead atoms. The summed E-state index contributed by atoms with van der Waals surface area (Å²) in [6.45, 7) is 0. The highest BCUT2D eigenvalue weighted by Gasteiger charge is 2.24. The van der Waals surface area contributed by atoms with Gasteiger partial charge in [0.25, 0.3) is 0 Å². The summed E-state index contributed by atoms with van der Waals surface area (Å²) in [6, 6.07) is 0. The van der Waals surface area contributed by atoms with E-state index >= 15 is 0 Å². The zero-order valence-corrected chi connectivity index (χ0v) is 9.95. The second-order valence-electron chi connectivity index (χ2n) is 5.33. The van der Waals surface area contributed by atoms with E-state index in [1.807, 2.05) is 6.08 Å². The van der Waals surface area contributed by atoms with Gasteiger partial charge >= 0.3 is 5.97 Å². The van der Waals surface area contributed by atoms with Gasteiger partial charge in [0, 0.05) is 5.57 Å². The van der Waals surface area contributed by atoms with Crippen molar-refractivity contribution in [2.24, 2.45) is 11.8 Å². The van der Waals surface area contributed by atoms with Crippen LogP contribution in [0.4, 0.5) is 0 Å². The predicted molar refractivity (Wildman–Crippen MR) is 64.3 cm³/mol. The lowest BCUT2D eigenvalue weighted by Gasteiger charge is -2.12. The van der Waals surface area contributed by atoms with E-state index in [-0.39, 0.29) is 0 Å². The van der Waals surface area contributed by atoms with Gasteiger partial charge < -0.3 is 5.11 Å². The van der Waals surface area contributed by atoms with Crippen LogP contribution >= 0.6 is 0 Å². The molecule has 1 N–H and O–H groups in total. The maximum absolute atomic E-state index is 11.2. The molecule has 2 aliphatic rings. The first kappa shape index (κ1) is 11.7. The SMILES string of the molecule is O=C(O)C(=CCC1CCCC1)C1CCCC1. The Bertz CT molecular complexity index is 268. The maximum Gasteiger partial charge on any atom is 0.331 e. The van der Waals surface area contributed by atoms with Crippen LogP contribution in [0.15, 0.2) is 11.6 Å². The van der Waals surface area contributed by atoms with Crippen LogP contribution in [-0.2, 0) is 4.79 Å². The molecule has 0 radical (unpaired) electrons. The summed E-state index contributed by atoms with van der Waals surface area (Å²) in [6.07, 6.45) is 12.9. The summed E-state index contributed by atoms with van der Waals surface area (Å²) in [7, 11) is 0. The van der Waals surface area contributed by atoms with Crippen molar-refractivity contribution in [1.82, 2.24) is 0 Å². The van der Waals surface area contributed by atoms with Crippen molar-refractivity contribution >= 4 is 5.97 Å². The Kier molecular flexibility index (Phi) is 4.03. The Morgan fingerprint density at radius 2 is 1.62 bits per heavy atom. The molecule has 2 saturated carbocycles. The number of carboxylic acid groups (broad SMARTS) is 1. The highest BCUT2D eigenvalue weighted by Crippen LogP contribution is 2.33. The van der Waals surface area contributed by atoms with Crippen molar-refractivity contribution in [2.45, 2.75) is 57.8 Å². The quantitative estimate of drug-likeness (QED) is 0.735. The van der Waals surface area contributed by atoms with Gasteiger partial charge in [-0.05, 0) is 31.1 Å². The predicted octanol–water partition coefficient (Wildman–Crippen LogP) is 3.77. The fraction of sp³-hybridized carbons (Fsp3) is 0.786. The molecule has 0 spiro atoms. The van der Waals surface area contributed by atoms with Crippen LogP contribution in [0.2, 0.25) is 0 Å². The first-order valence-corrected chi connectivity index (χ1v) is 6.70. The molecule has 0 aliphatic heterocycles. The molecule has 0 aromatic rings. The van der Waals surface area contributed by atoms with E-state index in [0.29, 0.717) is 11.5 Å². The number of hydrogen-bond acceptors (Lipinski definition) is 1.